The van der Waals surface area contributed by atoms with Crippen molar-refractivity contribution >= 4 is 11.9 Å². The first-order valence-electron chi connectivity index (χ1n) is 8.68. The molecule has 0 amide bonds. The molecular weight excluding hydrogens is 318 g/mol. The van der Waals surface area contributed by atoms with Crippen molar-refractivity contribution < 1.29 is 0 Å². The van der Waals surface area contributed by atoms with E-state index in [0.717, 1.165) is 32.2 Å². The minimum absolute atomic E-state index is 0.379. The summed E-state index contributed by atoms with van der Waals surface area (Å²) in [5.41, 5.74) is -0.566. The van der Waals surface area contributed by atoms with Crippen LogP contribution in [0, 0.1) is 23.2 Å². The van der Waals surface area contributed by atoms with Crippen molar-refractivity contribution in [1.29, 1.82) is 5.26 Å². The van der Waals surface area contributed by atoms with E-state index >= 15 is 0 Å². The fraction of sp³-hybridized carbons (Fsp3) is 0.625. The van der Waals surface area contributed by atoms with E-state index in [4.69, 9.17) is 0 Å². The van der Waals surface area contributed by atoms with Gasteiger partial charge in [0.1, 0.15) is 18.2 Å². The van der Waals surface area contributed by atoms with Crippen molar-refractivity contribution in [3.05, 3.63) is 12.7 Å². The molecule has 9 nitrogen and oxygen atoms in total. The lowest BCUT2D eigenvalue weighted by Gasteiger charge is -2.28. The van der Waals surface area contributed by atoms with Crippen LogP contribution in [0.3, 0.4) is 0 Å². The van der Waals surface area contributed by atoms with E-state index < -0.39 is 5.54 Å². The zero-order valence-corrected chi connectivity index (χ0v) is 14.4. The van der Waals surface area contributed by atoms with Crippen LogP contribution in [0.2, 0.25) is 0 Å². The third-order valence-corrected chi connectivity index (χ3v) is 5.00. The number of aromatic nitrogens is 6. The van der Waals surface area contributed by atoms with Gasteiger partial charge < -0.3 is 10.2 Å². The molecule has 130 valence electrons. The van der Waals surface area contributed by atoms with Gasteiger partial charge in [0.05, 0.1) is 6.07 Å². The van der Waals surface area contributed by atoms with Crippen LogP contribution in [0.5, 0.6) is 0 Å². The van der Waals surface area contributed by atoms with Gasteiger partial charge in [0.15, 0.2) is 0 Å². The van der Waals surface area contributed by atoms with Crippen LogP contribution in [0.1, 0.15) is 32.6 Å². The molecule has 0 atom stereocenters. The highest BCUT2D eigenvalue weighted by Crippen LogP contribution is 2.53. The summed E-state index contributed by atoms with van der Waals surface area (Å²) < 4.78 is 1.50. The quantitative estimate of drug-likeness (QED) is 0.806. The van der Waals surface area contributed by atoms with E-state index in [0.29, 0.717) is 29.7 Å². The van der Waals surface area contributed by atoms with Crippen molar-refractivity contribution in [3.63, 3.8) is 0 Å². The molecule has 4 rings (SSSR count). The topological polar surface area (TPSA) is 108 Å². The van der Waals surface area contributed by atoms with Crippen LogP contribution in [0.15, 0.2) is 12.7 Å². The fourth-order valence-electron chi connectivity index (χ4n) is 3.15. The third kappa shape index (κ3) is 2.88. The lowest BCUT2D eigenvalue weighted by atomic mass is 9.89. The largest absolute Gasteiger partial charge is 0.344 e. The first kappa shape index (κ1) is 15.7. The molecule has 0 unspecified atom stereocenters. The molecular formula is C16H21N9. The maximum absolute atomic E-state index is 9.91. The average Bonchev–Trinajstić information content (AvgIpc) is 3.57. The van der Waals surface area contributed by atoms with Crippen molar-refractivity contribution in [3.8, 4) is 12.0 Å². The number of rotatable bonds is 7. The molecule has 2 saturated carbocycles. The molecule has 2 fully saturated rings. The Labute approximate surface area is 146 Å². The van der Waals surface area contributed by atoms with Crippen molar-refractivity contribution in [2.45, 2.75) is 38.1 Å². The van der Waals surface area contributed by atoms with E-state index in [1.807, 2.05) is 18.9 Å². The number of nitrogens with zero attached hydrogens (tertiary/aromatic N) is 8. The maximum Gasteiger partial charge on any atom is 0.258 e. The molecule has 2 aliphatic carbocycles. The normalized spacial score (nSPS) is 17.2. The first-order valence-corrected chi connectivity index (χ1v) is 8.68. The zero-order valence-electron chi connectivity index (χ0n) is 14.4. The van der Waals surface area contributed by atoms with Crippen molar-refractivity contribution in [1.82, 2.24) is 29.7 Å². The molecule has 2 aromatic rings. The van der Waals surface area contributed by atoms with Gasteiger partial charge in [-0.05, 0) is 44.4 Å². The lowest BCUT2D eigenvalue weighted by Crippen LogP contribution is -2.42. The summed E-state index contributed by atoms with van der Waals surface area (Å²) in [7, 11) is 1.92. The molecule has 0 aromatic carbocycles. The number of nitrogens with one attached hydrogen (secondary N) is 1. The minimum atomic E-state index is -0.566. The summed E-state index contributed by atoms with van der Waals surface area (Å²) in [6, 6.07) is 2.54. The Balaban J connectivity index is 1.73. The van der Waals surface area contributed by atoms with Crippen LogP contribution in [0.25, 0.3) is 5.95 Å². The molecule has 2 heterocycles. The second-order valence-electron chi connectivity index (χ2n) is 6.77. The van der Waals surface area contributed by atoms with Gasteiger partial charge >= 0.3 is 0 Å². The van der Waals surface area contributed by atoms with Gasteiger partial charge in [-0.1, -0.05) is 0 Å². The second kappa shape index (κ2) is 5.95. The van der Waals surface area contributed by atoms with Crippen LogP contribution in [-0.2, 0) is 0 Å². The highest BCUT2D eigenvalue weighted by molar-refractivity contribution is 5.45. The van der Waals surface area contributed by atoms with E-state index in [2.05, 4.69) is 36.4 Å². The Morgan fingerprint density at radius 2 is 2.00 bits per heavy atom. The van der Waals surface area contributed by atoms with Gasteiger partial charge in [0.2, 0.25) is 11.9 Å². The summed E-state index contributed by atoms with van der Waals surface area (Å²) in [5, 5.41) is 17.4. The predicted molar refractivity (Wildman–Crippen MR) is 91.1 cm³/mol. The van der Waals surface area contributed by atoms with E-state index in [9.17, 15) is 5.26 Å². The van der Waals surface area contributed by atoms with Gasteiger partial charge in [-0.2, -0.15) is 30.0 Å². The molecule has 0 radical (unpaired) electrons. The smallest absolute Gasteiger partial charge is 0.258 e. The highest BCUT2D eigenvalue weighted by atomic mass is 15.4. The fourth-order valence-corrected chi connectivity index (χ4v) is 3.15. The van der Waals surface area contributed by atoms with Gasteiger partial charge in [0.25, 0.3) is 5.95 Å². The molecule has 25 heavy (non-hydrogen) atoms. The van der Waals surface area contributed by atoms with E-state index in [1.165, 1.54) is 11.0 Å². The Bertz CT molecular complexity index is 774. The third-order valence-electron chi connectivity index (χ3n) is 5.00. The summed E-state index contributed by atoms with van der Waals surface area (Å²) in [4.78, 5) is 19.4. The average molecular weight is 339 g/mol. The summed E-state index contributed by atoms with van der Waals surface area (Å²) in [6.45, 7) is 2.79. The maximum atomic E-state index is 9.91. The van der Waals surface area contributed by atoms with Crippen LogP contribution >= 0.6 is 0 Å². The molecule has 0 spiro atoms. The molecule has 0 saturated heterocycles. The number of anilines is 2. The number of nitriles is 1. The van der Waals surface area contributed by atoms with Gasteiger partial charge in [0, 0.05) is 13.6 Å². The van der Waals surface area contributed by atoms with Gasteiger partial charge in [-0.3, -0.25) is 0 Å². The number of hydrogen-bond donors (Lipinski definition) is 1. The first-order chi connectivity index (χ1) is 12.2. The number of hydrogen-bond acceptors (Lipinski definition) is 8. The van der Waals surface area contributed by atoms with E-state index in [1.54, 1.807) is 6.33 Å². The second-order valence-corrected chi connectivity index (χ2v) is 6.77. The molecule has 2 aliphatic rings. The lowest BCUT2D eigenvalue weighted by molar-refractivity contribution is 0.451. The molecule has 2 aromatic heterocycles. The van der Waals surface area contributed by atoms with Gasteiger partial charge in [-0.25, -0.2) is 4.98 Å². The molecule has 0 aliphatic heterocycles. The highest BCUT2D eigenvalue weighted by Gasteiger charge is 2.55. The Hall–Kier alpha value is -2.76. The van der Waals surface area contributed by atoms with Gasteiger partial charge in [-0.15, -0.1) is 0 Å². The van der Waals surface area contributed by atoms with Crippen molar-refractivity contribution in [2.24, 2.45) is 11.8 Å². The summed E-state index contributed by atoms with van der Waals surface area (Å²) >= 11 is 0. The monoisotopic (exact) mass is 339 g/mol. The van der Waals surface area contributed by atoms with Crippen molar-refractivity contribution in [2.75, 3.05) is 23.8 Å². The summed E-state index contributed by atoms with van der Waals surface area (Å²) in [5.74, 6) is 2.12. The van der Waals surface area contributed by atoms with Crippen LogP contribution in [0.4, 0.5) is 11.9 Å². The Morgan fingerprint density at radius 1 is 1.28 bits per heavy atom. The Morgan fingerprint density at radius 3 is 2.52 bits per heavy atom. The SMILES string of the molecule is CCN(C)c1nc(NC(C#N)(C2CC2)C2CC2)nc(-n2cncn2)n1. The molecule has 9 heteroatoms. The molecule has 1 N–H and O–H groups in total. The predicted octanol–water partition coefficient (Wildman–Crippen LogP) is 1.40. The minimum Gasteiger partial charge on any atom is -0.344 e. The van der Waals surface area contributed by atoms with Crippen LogP contribution in [-0.4, -0.2) is 48.8 Å². The molecule has 0 bridgehead atoms. The summed E-state index contributed by atoms with van der Waals surface area (Å²) in [6.07, 6.45) is 7.32. The standard InChI is InChI=1S/C16H21N9/c1-3-24(2)14-20-13(21-15(22-14)25-10-18-9-19-25)23-16(8-17,11-4-5-11)12-6-7-12/h9-12H,3-7H2,1-2H3,(H,20,21,22,23). The zero-order chi connectivity index (χ0) is 17.4. The Kier molecular flexibility index (Phi) is 3.75. The van der Waals surface area contributed by atoms with Crippen LogP contribution < -0.4 is 10.2 Å². The van der Waals surface area contributed by atoms with E-state index in [-0.39, 0.29) is 0 Å².